The van der Waals surface area contributed by atoms with Crippen molar-refractivity contribution in [2.24, 2.45) is 0 Å². The molecule has 1 unspecified atom stereocenters. The number of ether oxygens (including phenoxy) is 2. The summed E-state index contributed by atoms with van der Waals surface area (Å²) in [6.45, 7) is 4.31. The summed E-state index contributed by atoms with van der Waals surface area (Å²) >= 11 is 0. The van der Waals surface area contributed by atoms with Crippen molar-refractivity contribution in [1.82, 2.24) is 5.32 Å². The van der Waals surface area contributed by atoms with Gasteiger partial charge in [-0.3, -0.25) is 9.69 Å². The van der Waals surface area contributed by atoms with E-state index in [0.717, 1.165) is 11.0 Å². The lowest BCUT2D eigenvalue weighted by atomic mass is 10.1. The summed E-state index contributed by atoms with van der Waals surface area (Å²) in [5.74, 6) is -1.10. The average Bonchev–Trinajstić information content (AvgIpc) is 3.12. The smallest absolute Gasteiger partial charge is 0.414 e. The molecular weight excluding hydrogens is 388 g/mol. The first kappa shape index (κ1) is 20.8. The molecule has 8 nitrogen and oxygen atoms in total. The van der Waals surface area contributed by atoms with Gasteiger partial charge in [0.15, 0.2) is 0 Å². The number of fused-ring (bicyclic) bond motifs is 1. The number of alkyl halides is 1. The van der Waals surface area contributed by atoms with E-state index in [2.05, 4.69) is 5.32 Å². The highest BCUT2D eigenvalue weighted by molar-refractivity contribution is 6.02. The molecule has 2 heterocycles. The molecule has 0 aromatic heterocycles. The maximum absolute atomic E-state index is 14.6. The van der Waals surface area contributed by atoms with E-state index >= 15 is 0 Å². The Morgan fingerprint density at radius 2 is 2.07 bits per heavy atom. The van der Waals surface area contributed by atoms with E-state index in [-0.39, 0.29) is 37.4 Å². The van der Waals surface area contributed by atoms with Crippen molar-refractivity contribution in [3.63, 3.8) is 0 Å². The van der Waals surface area contributed by atoms with Crippen LogP contribution in [-0.2, 0) is 20.7 Å². The van der Waals surface area contributed by atoms with Gasteiger partial charge in [0.1, 0.15) is 24.2 Å². The summed E-state index contributed by atoms with van der Waals surface area (Å²) in [5.41, 5.74) is 0.0207. The Morgan fingerprint density at radius 3 is 2.72 bits per heavy atom. The number of benzene rings is 1. The fourth-order valence-electron chi connectivity index (χ4n) is 3.29. The predicted molar refractivity (Wildman–Crippen MR) is 100 cm³/mol. The van der Waals surface area contributed by atoms with Gasteiger partial charge in [-0.15, -0.1) is 0 Å². The third kappa shape index (κ3) is 4.57. The summed E-state index contributed by atoms with van der Waals surface area (Å²) in [4.78, 5) is 38.3. The largest absolute Gasteiger partial charge is 0.444 e. The van der Waals surface area contributed by atoms with Crippen LogP contribution in [0.3, 0.4) is 0 Å². The van der Waals surface area contributed by atoms with E-state index in [9.17, 15) is 23.2 Å². The van der Waals surface area contributed by atoms with Crippen LogP contribution in [0.15, 0.2) is 12.1 Å². The Bertz CT molecular complexity index is 840. The van der Waals surface area contributed by atoms with Crippen molar-refractivity contribution in [1.29, 1.82) is 0 Å². The van der Waals surface area contributed by atoms with E-state index in [4.69, 9.17) is 9.47 Å². The molecule has 3 amide bonds. The Hall–Kier alpha value is -2.91. The number of rotatable bonds is 5. The topological polar surface area (TPSA) is 88.2 Å². The number of carbonyl (C=O) groups excluding carboxylic acids is 3. The summed E-state index contributed by atoms with van der Waals surface area (Å²) in [5, 5.41) is 2.53. The van der Waals surface area contributed by atoms with Gasteiger partial charge in [0.2, 0.25) is 5.91 Å². The van der Waals surface area contributed by atoms with Gasteiger partial charge >= 0.3 is 12.2 Å². The number of nitrogens with one attached hydrogen (secondary N) is 1. The summed E-state index contributed by atoms with van der Waals surface area (Å²) < 4.78 is 37.6. The zero-order chi connectivity index (χ0) is 21.3. The van der Waals surface area contributed by atoms with Crippen molar-refractivity contribution in [2.45, 2.75) is 38.9 Å². The SMILES string of the molecule is CC(C)(C)OC(=O)NCC1CN(c2cc(F)c3c(c2)CC(=O)N3CCF)C(=O)O1. The van der Waals surface area contributed by atoms with Crippen LogP contribution < -0.4 is 15.1 Å². The molecule has 1 fully saturated rings. The molecule has 0 saturated carbocycles. The van der Waals surface area contributed by atoms with Crippen LogP contribution >= 0.6 is 0 Å². The number of anilines is 2. The minimum absolute atomic E-state index is 0.0351. The summed E-state index contributed by atoms with van der Waals surface area (Å²) in [7, 11) is 0. The molecule has 158 valence electrons. The second-order valence-electron chi connectivity index (χ2n) is 7.85. The van der Waals surface area contributed by atoms with E-state index in [1.165, 1.54) is 11.0 Å². The molecule has 1 aromatic carbocycles. The zero-order valence-electron chi connectivity index (χ0n) is 16.5. The molecule has 10 heteroatoms. The highest BCUT2D eigenvalue weighted by atomic mass is 19.1. The Labute approximate surface area is 166 Å². The van der Waals surface area contributed by atoms with Crippen molar-refractivity contribution in [3.05, 3.63) is 23.5 Å². The third-order valence-corrected chi connectivity index (χ3v) is 4.41. The molecule has 1 aromatic rings. The molecule has 0 aliphatic carbocycles. The summed E-state index contributed by atoms with van der Waals surface area (Å²) in [6, 6.07) is 2.65. The van der Waals surface area contributed by atoms with Crippen molar-refractivity contribution >= 4 is 29.5 Å². The highest BCUT2D eigenvalue weighted by Crippen LogP contribution is 2.36. The molecule has 1 atom stereocenters. The monoisotopic (exact) mass is 411 g/mol. The van der Waals surface area contributed by atoms with Gasteiger partial charge in [0.25, 0.3) is 0 Å². The normalized spacial score (nSPS) is 18.7. The maximum Gasteiger partial charge on any atom is 0.414 e. The predicted octanol–water partition coefficient (Wildman–Crippen LogP) is 2.53. The van der Waals surface area contributed by atoms with Crippen molar-refractivity contribution in [3.8, 4) is 0 Å². The molecule has 0 radical (unpaired) electrons. The number of carbonyl (C=O) groups is 3. The lowest BCUT2D eigenvalue weighted by Gasteiger charge is -2.20. The van der Waals surface area contributed by atoms with Gasteiger partial charge in [-0.25, -0.2) is 18.4 Å². The van der Waals surface area contributed by atoms with Crippen LogP contribution in [-0.4, -0.2) is 56.1 Å². The van der Waals surface area contributed by atoms with Crippen LogP contribution in [0.4, 0.5) is 29.7 Å². The van der Waals surface area contributed by atoms with E-state index in [1.807, 2.05) is 0 Å². The minimum Gasteiger partial charge on any atom is -0.444 e. The second kappa shape index (κ2) is 7.84. The molecule has 2 aliphatic rings. The Balaban J connectivity index is 1.68. The molecule has 2 aliphatic heterocycles. The standard InChI is InChI=1S/C19H23F2N3O5/c1-19(2,3)29-17(26)22-9-13-10-24(18(27)28-13)12-6-11-7-15(25)23(5-4-20)16(11)14(21)8-12/h6,8,13H,4-5,7,9-10H2,1-3H3,(H,22,26). The Morgan fingerprint density at radius 1 is 1.34 bits per heavy atom. The quantitative estimate of drug-likeness (QED) is 0.805. The lowest BCUT2D eigenvalue weighted by molar-refractivity contribution is -0.117. The number of nitrogens with zero attached hydrogens (tertiary/aromatic N) is 2. The fourth-order valence-corrected chi connectivity index (χ4v) is 3.29. The molecule has 1 N–H and O–H groups in total. The fraction of sp³-hybridized carbons (Fsp3) is 0.526. The van der Waals surface area contributed by atoms with Crippen molar-refractivity contribution in [2.75, 3.05) is 36.1 Å². The van der Waals surface area contributed by atoms with E-state index in [1.54, 1.807) is 20.8 Å². The van der Waals surface area contributed by atoms with Gasteiger partial charge in [0.05, 0.1) is 37.4 Å². The third-order valence-electron chi connectivity index (χ3n) is 4.41. The first-order valence-corrected chi connectivity index (χ1v) is 9.23. The summed E-state index contributed by atoms with van der Waals surface area (Å²) in [6.07, 6.45) is -2.03. The van der Waals surface area contributed by atoms with Crippen LogP contribution in [0, 0.1) is 5.82 Å². The minimum atomic E-state index is -0.781. The van der Waals surface area contributed by atoms with Crippen LogP contribution in [0.1, 0.15) is 26.3 Å². The number of hydrogen-bond donors (Lipinski definition) is 1. The number of amides is 3. The van der Waals surface area contributed by atoms with Crippen LogP contribution in [0.25, 0.3) is 0 Å². The number of halogens is 2. The van der Waals surface area contributed by atoms with Crippen LogP contribution in [0.2, 0.25) is 0 Å². The van der Waals surface area contributed by atoms with Gasteiger partial charge in [0, 0.05) is 0 Å². The Kier molecular flexibility index (Phi) is 5.63. The molecule has 3 rings (SSSR count). The van der Waals surface area contributed by atoms with Gasteiger partial charge in [-0.2, -0.15) is 0 Å². The lowest BCUT2D eigenvalue weighted by Crippen LogP contribution is -2.38. The van der Waals surface area contributed by atoms with Gasteiger partial charge in [-0.1, -0.05) is 0 Å². The molecule has 29 heavy (non-hydrogen) atoms. The molecular formula is C19H23F2N3O5. The number of cyclic esters (lactones) is 1. The van der Waals surface area contributed by atoms with Crippen LogP contribution in [0.5, 0.6) is 0 Å². The average molecular weight is 411 g/mol. The maximum atomic E-state index is 14.6. The van der Waals surface area contributed by atoms with Gasteiger partial charge in [-0.05, 0) is 38.5 Å². The van der Waals surface area contributed by atoms with Crippen molar-refractivity contribution < 1.29 is 32.6 Å². The van der Waals surface area contributed by atoms with E-state index in [0.29, 0.717) is 5.56 Å². The first-order chi connectivity index (χ1) is 13.6. The second-order valence-corrected chi connectivity index (χ2v) is 7.85. The highest BCUT2D eigenvalue weighted by Gasteiger charge is 2.36. The zero-order valence-corrected chi connectivity index (χ0v) is 16.5. The molecule has 1 saturated heterocycles. The molecule has 0 spiro atoms. The number of alkyl carbamates (subject to hydrolysis) is 1. The number of hydrogen-bond acceptors (Lipinski definition) is 5. The van der Waals surface area contributed by atoms with Gasteiger partial charge < -0.3 is 19.7 Å². The molecule has 0 bridgehead atoms. The van der Waals surface area contributed by atoms with E-state index < -0.39 is 42.3 Å². The first-order valence-electron chi connectivity index (χ1n) is 9.23.